The number of phenols is 1. The van der Waals surface area contributed by atoms with Crippen molar-refractivity contribution in [3.8, 4) is 5.75 Å². The molecule has 1 atom stereocenters. The van der Waals surface area contributed by atoms with Gasteiger partial charge in [-0.3, -0.25) is 0 Å². The second-order valence-electron chi connectivity index (χ2n) is 3.56. The molecule has 0 heterocycles. The first-order valence-corrected chi connectivity index (χ1v) is 6.10. The Labute approximate surface area is 102 Å². The van der Waals surface area contributed by atoms with Gasteiger partial charge in [-0.15, -0.1) is 0 Å². The fourth-order valence-electron chi connectivity index (χ4n) is 1.32. The third-order valence-electron chi connectivity index (χ3n) is 2.21. The van der Waals surface area contributed by atoms with Crippen LogP contribution in [0, 0.1) is 0 Å². The van der Waals surface area contributed by atoms with E-state index in [0.717, 1.165) is 5.56 Å². The molecule has 17 heavy (non-hydrogen) atoms. The molecule has 0 aromatic heterocycles. The average Bonchev–Trinajstić information content (AvgIpc) is 2.24. The van der Waals surface area contributed by atoms with E-state index in [4.69, 9.17) is 5.11 Å². The summed E-state index contributed by atoms with van der Waals surface area (Å²) < 4.78 is 35.6. The van der Waals surface area contributed by atoms with Gasteiger partial charge in [0.15, 0.2) is 0 Å². The zero-order valence-electron chi connectivity index (χ0n) is 9.29. The Kier molecular flexibility index (Phi) is 5.14. The van der Waals surface area contributed by atoms with Crippen LogP contribution in [0.4, 0.5) is 13.2 Å². The van der Waals surface area contributed by atoms with Gasteiger partial charge in [0.25, 0.3) is 0 Å². The van der Waals surface area contributed by atoms with Gasteiger partial charge in [-0.05, 0) is 36.4 Å². The zero-order valence-corrected chi connectivity index (χ0v) is 10.1. The first-order valence-electron chi connectivity index (χ1n) is 5.11. The molecule has 96 valence electrons. The summed E-state index contributed by atoms with van der Waals surface area (Å²) in [5.41, 5.74) is -3.23. The highest BCUT2D eigenvalue weighted by molar-refractivity contribution is 8.00. The summed E-state index contributed by atoms with van der Waals surface area (Å²) in [6, 6.07) is 6.55. The fraction of sp³-hybridized carbons (Fsp3) is 0.455. The van der Waals surface area contributed by atoms with Gasteiger partial charge < -0.3 is 10.4 Å². The molecular weight excluding hydrogens is 251 g/mol. The number of halogens is 3. The molecule has 0 saturated heterocycles. The molecule has 0 aliphatic rings. The molecule has 1 rings (SSSR count). The van der Waals surface area contributed by atoms with Crippen LogP contribution >= 0.6 is 11.8 Å². The topological polar surface area (TPSA) is 32.3 Å². The first-order chi connectivity index (χ1) is 7.88. The Morgan fingerprint density at radius 2 is 1.88 bits per heavy atom. The number of benzene rings is 1. The lowest BCUT2D eigenvalue weighted by Gasteiger charge is -2.14. The van der Waals surface area contributed by atoms with Crippen LogP contribution in [0.2, 0.25) is 0 Å². The molecule has 0 radical (unpaired) electrons. The van der Waals surface area contributed by atoms with Crippen molar-refractivity contribution in [2.24, 2.45) is 0 Å². The van der Waals surface area contributed by atoms with Crippen molar-refractivity contribution in [2.45, 2.75) is 18.5 Å². The van der Waals surface area contributed by atoms with E-state index in [1.54, 1.807) is 24.3 Å². The van der Waals surface area contributed by atoms with Gasteiger partial charge in [-0.1, -0.05) is 12.1 Å². The number of thioether (sulfide) groups is 1. The summed E-state index contributed by atoms with van der Waals surface area (Å²) in [7, 11) is 0. The SMILES string of the molecule is CC(NCCSC(F)(F)F)c1ccc(O)cc1. The van der Waals surface area contributed by atoms with Crippen LogP contribution in [0.5, 0.6) is 5.75 Å². The number of alkyl halides is 3. The molecule has 2 N–H and O–H groups in total. The molecule has 0 bridgehead atoms. The molecule has 0 aliphatic heterocycles. The van der Waals surface area contributed by atoms with Crippen molar-refractivity contribution >= 4 is 11.8 Å². The van der Waals surface area contributed by atoms with E-state index < -0.39 is 5.51 Å². The van der Waals surface area contributed by atoms with Crippen LogP contribution in [0.1, 0.15) is 18.5 Å². The molecule has 1 unspecified atom stereocenters. The lowest BCUT2D eigenvalue weighted by atomic mass is 10.1. The van der Waals surface area contributed by atoms with Gasteiger partial charge in [0, 0.05) is 18.3 Å². The minimum atomic E-state index is -4.16. The molecule has 0 spiro atoms. The van der Waals surface area contributed by atoms with Crippen LogP contribution in [0.25, 0.3) is 0 Å². The maximum atomic E-state index is 11.9. The van der Waals surface area contributed by atoms with Crippen LogP contribution in [-0.2, 0) is 0 Å². The van der Waals surface area contributed by atoms with E-state index in [-0.39, 0.29) is 35.9 Å². The van der Waals surface area contributed by atoms with Crippen molar-refractivity contribution in [3.05, 3.63) is 29.8 Å². The summed E-state index contributed by atoms with van der Waals surface area (Å²) in [4.78, 5) is 0. The van der Waals surface area contributed by atoms with E-state index in [1.165, 1.54) is 0 Å². The van der Waals surface area contributed by atoms with Crippen molar-refractivity contribution in [2.75, 3.05) is 12.3 Å². The van der Waals surface area contributed by atoms with E-state index in [1.807, 2.05) is 6.92 Å². The predicted octanol–water partition coefficient (Wildman–Crippen LogP) is 3.30. The highest BCUT2D eigenvalue weighted by atomic mass is 32.2. The number of hydrogen-bond donors (Lipinski definition) is 2. The largest absolute Gasteiger partial charge is 0.508 e. The van der Waals surface area contributed by atoms with Gasteiger partial charge >= 0.3 is 5.51 Å². The van der Waals surface area contributed by atoms with E-state index in [2.05, 4.69) is 5.32 Å². The molecule has 1 aromatic carbocycles. The van der Waals surface area contributed by atoms with Crippen LogP contribution in [0.3, 0.4) is 0 Å². The van der Waals surface area contributed by atoms with Crippen molar-refractivity contribution in [1.29, 1.82) is 0 Å². The highest BCUT2D eigenvalue weighted by Gasteiger charge is 2.27. The van der Waals surface area contributed by atoms with Gasteiger partial charge in [-0.25, -0.2) is 0 Å². The standard InChI is InChI=1S/C11H14F3NOS/c1-8(9-2-4-10(16)5-3-9)15-6-7-17-11(12,13)14/h2-5,8,15-16H,6-7H2,1H3. The second-order valence-corrected chi connectivity index (χ2v) is 4.72. The van der Waals surface area contributed by atoms with E-state index in [9.17, 15) is 13.2 Å². The maximum Gasteiger partial charge on any atom is 0.441 e. The van der Waals surface area contributed by atoms with Crippen molar-refractivity contribution < 1.29 is 18.3 Å². The van der Waals surface area contributed by atoms with Crippen LogP contribution in [0.15, 0.2) is 24.3 Å². The van der Waals surface area contributed by atoms with E-state index >= 15 is 0 Å². The third kappa shape index (κ3) is 5.83. The molecule has 0 aliphatic carbocycles. The number of aromatic hydroxyl groups is 1. The quantitative estimate of drug-likeness (QED) is 0.801. The molecule has 1 aromatic rings. The summed E-state index contributed by atoms with van der Waals surface area (Å²) in [5.74, 6) is 0.167. The van der Waals surface area contributed by atoms with Gasteiger partial charge in [-0.2, -0.15) is 13.2 Å². The number of phenolic OH excluding ortho intramolecular Hbond substituents is 1. The Morgan fingerprint density at radius 3 is 2.41 bits per heavy atom. The van der Waals surface area contributed by atoms with Gasteiger partial charge in [0.1, 0.15) is 5.75 Å². The number of rotatable bonds is 5. The fourth-order valence-corrected chi connectivity index (χ4v) is 1.77. The second kappa shape index (κ2) is 6.16. The summed E-state index contributed by atoms with van der Waals surface area (Å²) in [6.07, 6.45) is 0. The lowest BCUT2D eigenvalue weighted by Crippen LogP contribution is -2.22. The van der Waals surface area contributed by atoms with Crippen LogP contribution < -0.4 is 5.32 Å². The molecule has 0 saturated carbocycles. The summed E-state index contributed by atoms with van der Waals surface area (Å²) >= 11 is -0.0293. The molecule has 6 heteroatoms. The Balaban J connectivity index is 2.30. The maximum absolute atomic E-state index is 11.9. The molecule has 2 nitrogen and oxygen atoms in total. The van der Waals surface area contributed by atoms with Gasteiger partial charge in [0.05, 0.1) is 0 Å². The predicted molar refractivity (Wildman–Crippen MR) is 63.0 cm³/mol. The van der Waals surface area contributed by atoms with E-state index in [0.29, 0.717) is 0 Å². The third-order valence-corrected chi connectivity index (χ3v) is 2.95. The number of hydrogen-bond acceptors (Lipinski definition) is 3. The van der Waals surface area contributed by atoms with Gasteiger partial charge in [0.2, 0.25) is 0 Å². The highest BCUT2D eigenvalue weighted by Crippen LogP contribution is 2.29. The Bertz CT molecular complexity index is 340. The molecule has 0 fully saturated rings. The average molecular weight is 265 g/mol. The summed E-state index contributed by atoms with van der Waals surface area (Å²) in [5, 5.41) is 12.1. The normalized spacial score (nSPS) is 13.6. The minimum absolute atomic E-state index is 0.00801. The minimum Gasteiger partial charge on any atom is -0.508 e. The first kappa shape index (κ1) is 14.2. The summed E-state index contributed by atoms with van der Waals surface area (Å²) in [6.45, 7) is 2.15. The van der Waals surface area contributed by atoms with Crippen LogP contribution in [-0.4, -0.2) is 22.9 Å². The van der Waals surface area contributed by atoms with Crippen molar-refractivity contribution in [3.63, 3.8) is 0 Å². The molecular formula is C11H14F3NOS. The smallest absolute Gasteiger partial charge is 0.441 e. The number of nitrogens with one attached hydrogen (secondary N) is 1. The Morgan fingerprint density at radius 1 is 1.29 bits per heavy atom. The molecule has 0 amide bonds. The van der Waals surface area contributed by atoms with Crippen molar-refractivity contribution in [1.82, 2.24) is 5.32 Å². The monoisotopic (exact) mass is 265 g/mol. The Hall–Kier alpha value is -0.880. The lowest BCUT2D eigenvalue weighted by molar-refractivity contribution is -0.0327. The zero-order chi connectivity index (χ0) is 12.9.